The van der Waals surface area contributed by atoms with Gasteiger partial charge in [-0.1, -0.05) is 19.4 Å². The van der Waals surface area contributed by atoms with Crippen LogP contribution in [0, 0.1) is 56.2 Å². The van der Waals surface area contributed by atoms with Crippen molar-refractivity contribution >= 4 is 5.90 Å². The fourth-order valence-electron chi connectivity index (χ4n) is 4.11. The van der Waals surface area contributed by atoms with Crippen LogP contribution in [0.1, 0.15) is 38.5 Å². The summed E-state index contributed by atoms with van der Waals surface area (Å²) in [4.78, 5) is 4.22. The van der Waals surface area contributed by atoms with Gasteiger partial charge >= 0.3 is 0 Å². The molecule has 1 N–H and O–H groups in total. The third-order valence-corrected chi connectivity index (χ3v) is 5.25. The largest absolute Gasteiger partial charge is 0.448 e. The third-order valence-electron chi connectivity index (χ3n) is 5.25. The molecular weight excluding hydrogens is 318 g/mol. The monoisotopic (exact) mass is 335 g/mol. The minimum Gasteiger partial charge on any atom is -0.448 e. The van der Waals surface area contributed by atoms with Gasteiger partial charge in [0.1, 0.15) is 6.10 Å². The van der Waals surface area contributed by atoms with Crippen LogP contribution in [-0.2, 0) is 9.47 Å². The van der Waals surface area contributed by atoms with Gasteiger partial charge in [0, 0.05) is 13.1 Å². The molecule has 1 aromatic heterocycles. The Bertz CT molecular complexity index is 820. The number of ether oxygens (including phenoxy) is 2. The Morgan fingerprint density at radius 2 is 1.96 bits per heavy atom. The molecule has 0 aliphatic carbocycles. The Morgan fingerprint density at radius 3 is 2.48 bits per heavy atom. The van der Waals surface area contributed by atoms with Gasteiger partial charge in [0.25, 0.3) is 0 Å². The van der Waals surface area contributed by atoms with Crippen LogP contribution in [0.2, 0.25) is 0 Å². The molecule has 0 amide bonds. The first kappa shape index (κ1) is 16.9. The summed E-state index contributed by atoms with van der Waals surface area (Å²) in [5, 5.41) is 38.4. The number of pyridine rings is 1. The molecule has 3 rings (SSSR count). The average molecular weight is 335 g/mol. The van der Waals surface area contributed by atoms with Crippen molar-refractivity contribution in [3.8, 4) is 18.2 Å². The molecule has 2 bridgehead atoms. The molecule has 1 aromatic rings. The summed E-state index contributed by atoms with van der Waals surface area (Å²) < 4.78 is 11.7. The van der Waals surface area contributed by atoms with Crippen molar-refractivity contribution in [3.05, 3.63) is 30.1 Å². The van der Waals surface area contributed by atoms with E-state index in [9.17, 15) is 15.8 Å². The molecule has 0 spiro atoms. The van der Waals surface area contributed by atoms with Gasteiger partial charge in [-0.15, -0.1) is 0 Å². The zero-order chi connectivity index (χ0) is 18.3. The van der Waals surface area contributed by atoms with Crippen molar-refractivity contribution in [2.24, 2.45) is 16.7 Å². The second kappa shape index (κ2) is 5.55. The van der Waals surface area contributed by atoms with E-state index in [1.807, 2.05) is 19.1 Å². The van der Waals surface area contributed by atoms with E-state index < -0.39 is 28.6 Å². The fraction of sp³-hybridized carbons (Fsp3) is 0.500. The predicted octanol–water partition coefficient (Wildman–Crippen LogP) is 2.84. The second-order valence-electron chi connectivity index (χ2n) is 6.49. The van der Waals surface area contributed by atoms with Crippen molar-refractivity contribution in [3.63, 3.8) is 0 Å². The number of hydrogen-bond acceptors (Lipinski definition) is 7. The summed E-state index contributed by atoms with van der Waals surface area (Å²) in [6.07, 6.45) is 1.63. The Balaban J connectivity index is 2.32. The summed E-state index contributed by atoms with van der Waals surface area (Å²) in [6, 6.07) is 11.2. The topological polar surface area (TPSA) is 127 Å². The lowest BCUT2D eigenvalue weighted by molar-refractivity contribution is -0.274. The summed E-state index contributed by atoms with van der Waals surface area (Å²) >= 11 is 0. The third kappa shape index (κ3) is 1.86. The molecule has 25 heavy (non-hydrogen) atoms. The van der Waals surface area contributed by atoms with E-state index in [1.165, 1.54) is 6.20 Å². The molecule has 2 aliphatic rings. The van der Waals surface area contributed by atoms with Crippen LogP contribution >= 0.6 is 0 Å². The standard InChI is InChI=1S/C18H17N5O2/c1-3-6-13-16(2)24-14(12-7-4-5-8-23-12)17(9-19,10-20)18(13,11-21)15(22)25-16/h4-5,7-8,13-14,22H,3,6H2,1-2H3. The van der Waals surface area contributed by atoms with Gasteiger partial charge in [0.05, 0.1) is 29.8 Å². The van der Waals surface area contributed by atoms with Crippen molar-refractivity contribution in [2.45, 2.75) is 38.6 Å². The Hall–Kier alpha value is -2.95. The van der Waals surface area contributed by atoms with Crippen LogP contribution in [0.25, 0.3) is 0 Å². The highest BCUT2D eigenvalue weighted by molar-refractivity contribution is 5.89. The van der Waals surface area contributed by atoms with E-state index in [0.29, 0.717) is 18.5 Å². The van der Waals surface area contributed by atoms with Crippen LogP contribution in [0.3, 0.4) is 0 Å². The molecule has 126 valence electrons. The van der Waals surface area contributed by atoms with Gasteiger partial charge in [-0.2, -0.15) is 15.8 Å². The molecule has 4 atom stereocenters. The maximum absolute atomic E-state index is 10.1. The minimum absolute atomic E-state index is 0.365. The lowest BCUT2D eigenvalue weighted by Gasteiger charge is -2.48. The second-order valence-corrected chi connectivity index (χ2v) is 6.49. The van der Waals surface area contributed by atoms with Crippen molar-refractivity contribution in [1.29, 1.82) is 21.2 Å². The van der Waals surface area contributed by atoms with Gasteiger partial charge in [0.15, 0.2) is 5.41 Å². The first-order chi connectivity index (χ1) is 12.0. The summed E-state index contributed by atoms with van der Waals surface area (Å²) in [5.74, 6) is -2.23. The van der Waals surface area contributed by atoms with E-state index in [4.69, 9.17) is 14.9 Å². The average Bonchev–Trinajstić information content (AvgIpc) is 2.79. The molecule has 7 heteroatoms. The highest BCUT2D eigenvalue weighted by Gasteiger charge is 2.79. The van der Waals surface area contributed by atoms with E-state index in [1.54, 1.807) is 25.1 Å². The van der Waals surface area contributed by atoms with E-state index >= 15 is 0 Å². The Labute approximate surface area is 145 Å². The van der Waals surface area contributed by atoms with Crippen molar-refractivity contribution in [1.82, 2.24) is 4.98 Å². The summed E-state index contributed by atoms with van der Waals surface area (Å²) in [6.45, 7) is 3.60. The van der Waals surface area contributed by atoms with Crippen molar-refractivity contribution < 1.29 is 9.47 Å². The molecule has 3 heterocycles. The van der Waals surface area contributed by atoms with Gasteiger partial charge in [0.2, 0.25) is 17.1 Å². The zero-order valence-electron chi connectivity index (χ0n) is 14.0. The van der Waals surface area contributed by atoms with E-state index in [0.717, 1.165) is 0 Å². The summed E-state index contributed by atoms with van der Waals surface area (Å²) in [7, 11) is 0. The quantitative estimate of drug-likeness (QED) is 0.904. The highest BCUT2D eigenvalue weighted by atomic mass is 16.7. The number of aromatic nitrogens is 1. The van der Waals surface area contributed by atoms with Gasteiger partial charge in [-0.05, 0) is 18.6 Å². The molecule has 0 saturated carbocycles. The normalized spacial score (nSPS) is 35.1. The van der Waals surface area contributed by atoms with Crippen LogP contribution < -0.4 is 0 Å². The molecule has 2 saturated heterocycles. The van der Waals surface area contributed by atoms with Crippen LogP contribution in [0.4, 0.5) is 0 Å². The number of nitriles is 3. The molecule has 4 unspecified atom stereocenters. The van der Waals surface area contributed by atoms with E-state index in [-0.39, 0.29) is 5.90 Å². The first-order valence-corrected chi connectivity index (χ1v) is 8.06. The number of nitrogens with zero attached hydrogens (tertiary/aromatic N) is 4. The Morgan fingerprint density at radius 1 is 1.24 bits per heavy atom. The SMILES string of the molecule is CCCC1C2(C)OC(=N)C1(C#N)C(C#N)(C#N)C(c1ccccn1)O2. The van der Waals surface area contributed by atoms with E-state index in [2.05, 4.69) is 11.1 Å². The maximum atomic E-state index is 10.1. The molecule has 2 aliphatic heterocycles. The van der Waals surface area contributed by atoms with Crippen LogP contribution in [-0.4, -0.2) is 16.7 Å². The molecule has 2 fully saturated rings. The molecule has 0 radical (unpaired) electrons. The molecular formula is C18H17N5O2. The first-order valence-electron chi connectivity index (χ1n) is 8.06. The lowest BCUT2D eigenvalue weighted by Crippen LogP contribution is -2.58. The number of fused-ring (bicyclic) bond motifs is 2. The maximum Gasteiger partial charge on any atom is 0.214 e. The fourth-order valence-corrected chi connectivity index (χ4v) is 4.11. The summed E-state index contributed by atoms with van der Waals surface area (Å²) in [5.41, 5.74) is -3.27. The molecule has 0 aromatic carbocycles. The number of nitrogens with one attached hydrogen (secondary N) is 1. The predicted molar refractivity (Wildman–Crippen MR) is 85.4 cm³/mol. The van der Waals surface area contributed by atoms with Crippen molar-refractivity contribution in [2.75, 3.05) is 0 Å². The molecule has 7 nitrogen and oxygen atoms in total. The highest BCUT2D eigenvalue weighted by Crippen LogP contribution is 2.67. The lowest BCUT2D eigenvalue weighted by atomic mass is 9.53. The van der Waals surface area contributed by atoms with Crippen LogP contribution in [0.5, 0.6) is 0 Å². The van der Waals surface area contributed by atoms with Gasteiger partial charge < -0.3 is 9.47 Å². The zero-order valence-corrected chi connectivity index (χ0v) is 14.0. The smallest absolute Gasteiger partial charge is 0.214 e. The number of rotatable bonds is 3. The number of hydrogen-bond donors (Lipinski definition) is 1. The van der Waals surface area contributed by atoms with Crippen LogP contribution in [0.15, 0.2) is 24.4 Å². The van der Waals surface area contributed by atoms with Gasteiger partial charge in [-0.3, -0.25) is 10.4 Å². The van der Waals surface area contributed by atoms with Gasteiger partial charge in [-0.25, -0.2) is 0 Å². The Kier molecular flexibility index (Phi) is 3.75. The minimum atomic E-state index is -1.93.